The van der Waals surface area contributed by atoms with Crippen molar-refractivity contribution < 1.29 is 27.9 Å². The molecule has 2 amide bonds. The van der Waals surface area contributed by atoms with Crippen molar-refractivity contribution in [2.45, 2.75) is 44.4 Å². The maximum Gasteiger partial charge on any atom is 0.274 e. The van der Waals surface area contributed by atoms with Crippen molar-refractivity contribution >= 4 is 11.8 Å². The highest BCUT2D eigenvalue weighted by Crippen LogP contribution is 2.42. The summed E-state index contributed by atoms with van der Waals surface area (Å²) in [5, 5.41) is 12.9. The number of carbonyl (C=O) groups is 2. The first-order valence-corrected chi connectivity index (χ1v) is 10.3. The molecule has 1 aromatic heterocycles. The summed E-state index contributed by atoms with van der Waals surface area (Å²) >= 11 is 0. The molecule has 3 heterocycles. The third kappa shape index (κ3) is 3.53. The number of nitrogens with zero attached hydrogens (tertiary/aromatic N) is 2. The number of amides is 2. The first-order chi connectivity index (χ1) is 15.2. The van der Waals surface area contributed by atoms with Crippen molar-refractivity contribution in [3.63, 3.8) is 0 Å². The van der Waals surface area contributed by atoms with Gasteiger partial charge >= 0.3 is 0 Å². The van der Waals surface area contributed by atoms with Crippen molar-refractivity contribution in [3.8, 4) is 5.75 Å². The Hall–Kier alpha value is -3.30. The van der Waals surface area contributed by atoms with Crippen LogP contribution in [0.1, 0.15) is 58.6 Å². The minimum atomic E-state index is -1.70. The number of nitrogens with one attached hydrogen (secondary N) is 1. The van der Waals surface area contributed by atoms with Gasteiger partial charge in [-0.2, -0.15) is 0 Å². The van der Waals surface area contributed by atoms with E-state index in [4.69, 9.17) is 0 Å². The first-order valence-electron chi connectivity index (χ1n) is 10.3. The van der Waals surface area contributed by atoms with Gasteiger partial charge < -0.3 is 19.9 Å². The fraction of sp³-hybridized carbons (Fsp3) is 0.409. The van der Waals surface area contributed by atoms with Crippen molar-refractivity contribution in [2.24, 2.45) is 0 Å². The average Bonchev–Trinajstić information content (AvgIpc) is 2.91. The minimum Gasteiger partial charge on any atom is -0.503 e. The summed E-state index contributed by atoms with van der Waals surface area (Å²) < 4.78 is 43.9. The molecule has 7 nitrogen and oxygen atoms in total. The molecule has 0 aliphatic carbocycles. The fourth-order valence-electron chi connectivity index (χ4n) is 4.45. The molecule has 4 rings (SSSR count). The van der Waals surface area contributed by atoms with Crippen LogP contribution in [0.4, 0.5) is 13.2 Å². The zero-order chi connectivity index (χ0) is 23.2. The molecule has 2 unspecified atom stereocenters. The molecule has 2 aliphatic rings. The third-order valence-corrected chi connectivity index (χ3v) is 6.33. The topological polar surface area (TPSA) is 91.6 Å². The Morgan fingerprint density at radius 1 is 1.31 bits per heavy atom. The van der Waals surface area contributed by atoms with Crippen molar-refractivity contribution in [1.29, 1.82) is 0 Å². The number of fused-ring (bicyclic) bond motifs is 4. The van der Waals surface area contributed by atoms with Crippen LogP contribution >= 0.6 is 0 Å². The van der Waals surface area contributed by atoms with E-state index in [0.717, 1.165) is 18.3 Å². The average molecular weight is 449 g/mol. The molecule has 1 fully saturated rings. The summed E-state index contributed by atoms with van der Waals surface area (Å²) in [6.07, 6.45) is 1.86. The summed E-state index contributed by atoms with van der Waals surface area (Å²) in [5.41, 5.74) is -3.63. The van der Waals surface area contributed by atoms with Gasteiger partial charge in [0.25, 0.3) is 11.8 Å². The number of aromatic nitrogens is 1. The number of carbonyl (C=O) groups excluding carboxylic acids is 2. The smallest absolute Gasteiger partial charge is 0.274 e. The molecular formula is C22H22F3N3O4. The van der Waals surface area contributed by atoms with Gasteiger partial charge in [-0.15, -0.1) is 0 Å². The highest BCUT2D eigenvalue weighted by molar-refractivity contribution is 5.99. The summed E-state index contributed by atoms with van der Waals surface area (Å²) in [6.45, 7) is 1.70. The third-order valence-electron chi connectivity index (χ3n) is 6.33. The monoisotopic (exact) mass is 449 g/mol. The molecule has 2 aliphatic heterocycles. The van der Waals surface area contributed by atoms with Gasteiger partial charge in [0, 0.05) is 37.5 Å². The highest BCUT2D eigenvalue weighted by Gasteiger charge is 2.47. The predicted molar refractivity (Wildman–Crippen MR) is 108 cm³/mol. The lowest BCUT2D eigenvalue weighted by atomic mass is 9.88. The zero-order valence-electron chi connectivity index (χ0n) is 17.3. The predicted octanol–water partition coefficient (Wildman–Crippen LogP) is 2.67. The van der Waals surface area contributed by atoms with Gasteiger partial charge in [-0.3, -0.25) is 14.4 Å². The summed E-state index contributed by atoms with van der Waals surface area (Å²) in [6, 6.07) is 1.96. The number of pyridine rings is 1. The van der Waals surface area contributed by atoms with E-state index in [1.165, 1.54) is 9.47 Å². The molecule has 2 atom stereocenters. The van der Waals surface area contributed by atoms with E-state index in [1.54, 1.807) is 6.92 Å². The standard InChI is InChI=1S/C22H22F3N3O4/c1-2-22(25)6-3-7-27-11-16(22)28-10-14(18(29)19(30)17(28)21(27)32)20(31)26-9-12-4-5-13(23)8-15(12)24/h4-5,8,10,16,30H,2-3,6-7,9,11H2,1H3,(H,26,31). The SMILES string of the molecule is CCC1(F)CCCN2CC1n1cc(C(=O)NCc3ccc(F)cc3F)c(=O)c(O)c1C2=O. The maximum absolute atomic E-state index is 15.8. The second-order valence-corrected chi connectivity index (χ2v) is 8.15. The Labute approximate surface area is 181 Å². The van der Waals surface area contributed by atoms with Crippen LogP contribution < -0.4 is 10.7 Å². The number of hydrogen-bond acceptors (Lipinski definition) is 4. The van der Waals surface area contributed by atoms with E-state index in [2.05, 4.69) is 5.32 Å². The van der Waals surface area contributed by atoms with Crippen LogP contribution in [0.15, 0.2) is 29.2 Å². The van der Waals surface area contributed by atoms with Gasteiger partial charge in [-0.05, 0) is 25.3 Å². The van der Waals surface area contributed by atoms with Crippen molar-refractivity contribution in [3.05, 3.63) is 63.1 Å². The number of hydrogen-bond donors (Lipinski definition) is 2. The molecule has 170 valence electrons. The Balaban J connectivity index is 1.73. The fourth-order valence-corrected chi connectivity index (χ4v) is 4.45. The van der Waals surface area contributed by atoms with E-state index in [9.17, 15) is 28.3 Å². The van der Waals surface area contributed by atoms with Crippen LogP contribution in [0.5, 0.6) is 5.75 Å². The van der Waals surface area contributed by atoms with E-state index in [0.29, 0.717) is 19.0 Å². The van der Waals surface area contributed by atoms with Crippen LogP contribution in [0.3, 0.4) is 0 Å². The van der Waals surface area contributed by atoms with Crippen LogP contribution in [-0.4, -0.2) is 45.1 Å². The van der Waals surface area contributed by atoms with E-state index >= 15 is 4.39 Å². The molecule has 2 N–H and O–H groups in total. The van der Waals surface area contributed by atoms with Gasteiger partial charge in [0.1, 0.15) is 22.9 Å². The molecule has 2 bridgehead atoms. The van der Waals surface area contributed by atoms with Crippen molar-refractivity contribution in [1.82, 2.24) is 14.8 Å². The Kier molecular flexibility index (Phi) is 5.47. The maximum atomic E-state index is 15.8. The Morgan fingerprint density at radius 2 is 2.06 bits per heavy atom. The quantitative estimate of drug-likeness (QED) is 0.751. The largest absolute Gasteiger partial charge is 0.503 e. The summed E-state index contributed by atoms with van der Waals surface area (Å²) in [4.78, 5) is 39.6. The first kappa shape index (κ1) is 21.9. The second-order valence-electron chi connectivity index (χ2n) is 8.15. The Bertz CT molecular complexity index is 1170. The molecule has 0 radical (unpaired) electrons. The zero-order valence-corrected chi connectivity index (χ0v) is 17.3. The van der Waals surface area contributed by atoms with E-state index in [-0.39, 0.29) is 37.2 Å². The number of aromatic hydroxyl groups is 1. The van der Waals surface area contributed by atoms with Gasteiger partial charge in [0.15, 0.2) is 11.4 Å². The van der Waals surface area contributed by atoms with Gasteiger partial charge in [-0.25, -0.2) is 13.2 Å². The number of rotatable bonds is 4. The van der Waals surface area contributed by atoms with Crippen LogP contribution in [0.2, 0.25) is 0 Å². The van der Waals surface area contributed by atoms with E-state index < -0.39 is 51.9 Å². The van der Waals surface area contributed by atoms with Gasteiger partial charge in [0.05, 0.1) is 6.04 Å². The molecule has 1 aromatic carbocycles. The number of benzene rings is 1. The lowest BCUT2D eigenvalue weighted by Gasteiger charge is -2.40. The lowest BCUT2D eigenvalue weighted by Crippen LogP contribution is -2.49. The normalized spacial score (nSPS) is 22.3. The molecule has 0 saturated carbocycles. The molecule has 10 heteroatoms. The second kappa shape index (κ2) is 7.99. The summed E-state index contributed by atoms with van der Waals surface area (Å²) in [7, 11) is 0. The van der Waals surface area contributed by atoms with Crippen molar-refractivity contribution in [2.75, 3.05) is 13.1 Å². The van der Waals surface area contributed by atoms with Gasteiger partial charge in [-0.1, -0.05) is 13.0 Å². The van der Waals surface area contributed by atoms with Crippen LogP contribution in [-0.2, 0) is 6.54 Å². The Morgan fingerprint density at radius 3 is 2.75 bits per heavy atom. The van der Waals surface area contributed by atoms with Crippen LogP contribution in [0, 0.1) is 11.6 Å². The molecule has 1 saturated heterocycles. The summed E-state index contributed by atoms with van der Waals surface area (Å²) in [5.74, 6) is -4.11. The molecule has 0 spiro atoms. The lowest BCUT2D eigenvalue weighted by molar-refractivity contribution is 0.0431. The molecule has 32 heavy (non-hydrogen) atoms. The van der Waals surface area contributed by atoms with Crippen LogP contribution in [0.25, 0.3) is 0 Å². The van der Waals surface area contributed by atoms with E-state index in [1.807, 2.05) is 0 Å². The van der Waals surface area contributed by atoms with Gasteiger partial charge in [0.2, 0.25) is 5.43 Å². The number of halogens is 3. The minimum absolute atomic E-state index is 0.00891. The molecular weight excluding hydrogens is 427 g/mol. The number of alkyl halides is 1. The molecule has 2 aromatic rings. The highest BCUT2D eigenvalue weighted by atomic mass is 19.1.